The Kier molecular flexibility index (Phi) is 3.64. The molecule has 1 heterocycles. The van der Waals surface area contributed by atoms with Gasteiger partial charge in [-0.05, 0) is 36.4 Å². The summed E-state index contributed by atoms with van der Waals surface area (Å²) in [6.07, 6.45) is 5.31. The number of hydrogen-bond donors (Lipinski definition) is 2. The maximum atomic E-state index is 11.9. The number of carbonyl (C=O) groups excluding carboxylic acids is 1. The van der Waals surface area contributed by atoms with Gasteiger partial charge in [-0.3, -0.25) is 0 Å². The molecule has 3 aromatic rings. The normalized spacial score (nSPS) is 10.1. The second-order valence-electron chi connectivity index (χ2n) is 4.46. The summed E-state index contributed by atoms with van der Waals surface area (Å²) in [5, 5.41) is 5.56. The van der Waals surface area contributed by atoms with Crippen molar-refractivity contribution in [1.82, 2.24) is 9.55 Å². The van der Waals surface area contributed by atoms with Crippen LogP contribution in [0.5, 0.6) is 0 Å². The molecule has 0 radical (unpaired) electrons. The Balaban J connectivity index is 1.64. The van der Waals surface area contributed by atoms with E-state index in [0.29, 0.717) is 0 Å². The van der Waals surface area contributed by atoms with Gasteiger partial charge >= 0.3 is 6.03 Å². The Labute approximate surface area is 122 Å². The largest absolute Gasteiger partial charge is 0.323 e. The maximum Gasteiger partial charge on any atom is 0.323 e. The highest BCUT2D eigenvalue weighted by molar-refractivity contribution is 5.99. The van der Waals surface area contributed by atoms with Gasteiger partial charge in [-0.2, -0.15) is 0 Å². The van der Waals surface area contributed by atoms with Crippen LogP contribution in [0.15, 0.2) is 73.3 Å². The van der Waals surface area contributed by atoms with Crippen LogP contribution in [0, 0.1) is 0 Å². The summed E-state index contributed by atoms with van der Waals surface area (Å²) in [5.74, 6) is 0. The summed E-state index contributed by atoms with van der Waals surface area (Å²) < 4.78 is 1.90. The molecule has 2 aromatic carbocycles. The Hall–Kier alpha value is -3.08. The first-order valence-electron chi connectivity index (χ1n) is 6.53. The fourth-order valence-electron chi connectivity index (χ4n) is 1.94. The van der Waals surface area contributed by atoms with Crippen LogP contribution in [0.1, 0.15) is 0 Å². The number of amides is 2. The van der Waals surface area contributed by atoms with Crippen LogP contribution in [-0.2, 0) is 0 Å². The number of carbonyl (C=O) groups is 1. The van der Waals surface area contributed by atoms with E-state index in [9.17, 15) is 4.79 Å². The van der Waals surface area contributed by atoms with Crippen LogP contribution in [-0.4, -0.2) is 15.6 Å². The van der Waals surface area contributed by atoms with Gasteiger partial charge in [0, 0.05) is 29.5 Å². The number of para-hydroxylation sites is 1. The van der Waals surface area contributed by atoms with Crippen molar-refractivity contribution in [3.05, 3.63) is 73.3 Å². The van der Waals surface area contributed by atoms with Gasteiger partial charge in [-0.1, -0.05) is 18.2 Å². The molecule has 5 nitrogen and oxygen atoms in total. The first-order chi connectivity index (χ1) is 10.3. The molecule has 5 heteroatoms. The zero-order chi connectivity index (χ0) is 14.5. The van der Waals surface area contributed by atoms with E-state index in [1.165, 1.54) is 0 Å². The third kappa shape index (κ3) is 3.27. The third-order valence-electron chi connectivity index (χ3n) is 2.96. The van der Waals surface area contributed by atoms with Crippen molar-refractivity contribution in [3.63, 3.8) is 0 Å². The molecule has 2 N–H and O–H groups in total. The predicted octanol–water partition coefficient (Wildman–Crippen LogP) is 3.52. The van der Waals surface area contributed by atoms with Crippen LogP contribution in [0.3, 0.4) is 0 Å². The average Bonchev–Trinajstić information content (AvgIpc) is 3.03. The molecule has 104 valence electrons. The van der Waals surface area contributed by atoms with Crippen LogP contribution in [0.25, 0.3) is 5.69 Å². The minimum Gasteiger partial charge on any atom is -0.308 e. The third-order valence-corrected chi connectivity index (χ3v) is 2.96. The summed E-state index contributed by atoms with van der Waals surface area (Å²) in [6, 6.07) is 16.6. The van der Waals surface area contributed by atoms with Crippen molar-refractivity contribution in [1.29, 1.82) is 0 Å². The summed E-state index contributed by atoms with van der Waals surface area (Å²) in [7, 11) is 0. The van der Waals surface area contributed by atoms with Gasteiger partial charge in [-0.25, -0.2) is 9.78 Å². The summed E-state index contributed by atoms with van der Waals surface area (Å²) in [4.78, 5) is 15.9. The van der Waals surface area contributed by atoms with Crippen LogP contribution in [0.4, 0.5) is 16.2 Å². The highest BCUT2D eigenvalue weighted by Gasteiger charge is 2.02. The van der Waals surface area contributed by atoms with E-state index in [4.69, 9.17) is 0 Å². The molecule has 0 saturated carbocycles. The van der Waals surface area contributed by atoms with Crippen molar-refractivity contribution in [2.45, 2.75) is 0 Å². The number of nitrogens with one attached hydrogen (secondary N) is 2. The van der Waals surface area contributed by atoms with Gasteiger partial charge in [0.1, 0.15) is 0 Å². The number of urea groups is 1. The van der Waals surface area contributed by atoms with E-state index >= 15 is 0 Å². The fourth-order valence-corrected chi connectivity index (χ4v) is 1.94. The highest BCUT2D eigenvalue weighted by atomic mass is 16.2. The number of benzene rings is 2. The Morgan fingerprint density at radius 1 is 0.905 bits per heavy atom. The number of anilines is 2. The SMILES string of the molecule is O=C(Nc1ccccc1)Nc1ccc(-n2ccnc2)cc1. The maximum absolute atomic E-state index is 11.9. The second kappa shape index (κ2) is 5.92. The molecular formula is C16H14N4O. The monoisotopic (exact) mass is 278 g/mol. The van der Waals surface area contributed by atoms with Gasteiger partial charge in [0.05, 0.1) is 6.33 Å². The van der Waals surface area contributed by atoms with E-state index in [2.05, 4.69) is 15.6 Å². The lowest BCUT2D eigenvalue weighted by Gasteiger charge is -2.08. The van der Waals surface area contributed by atoms with Gasteiger partial charge in [-0.15, -0.1) is 0 Å². The lowest BCUT2D eigenvalue weighted by atomic mass is 10.3. The summed E-state index contributed by atoms with van der Waals surface area (Å²) >= 11 is 0. The van der Waals surface area contributed by atoms with Gasteiger partial charge in [0.25, 0.3) is 0 Å². The zero-order valence-electron chi connectivity index (χ0n) is 11.2. The van der Waals surface area contributed by atoms with Crippen molar-refractivity contribution >= 4 is 17.4 Å². The smallest absolute Gasteiger partial charge is 0.308 e. The molecular weight excluding hydrogens is 264 g/mol. The Bertz CT molecular complexity index is 706. The van der Waals surface area contributed by atoms with Crippen molar-refractivity contribution in [3.8, 4) is 5.69 Å². The van der Waals surface area contributed by atoms with Crippen molar-refractivity contribution in [2.75, 3.05) is 10.6 Å². The predicted molar refractivity (Wildman–Crippen MR) is 82.6 cm³/mol. The fraction of sp³-hybridized carbons (Fsp3) is 0. The minimum absolute atomic E-state index is 0.267. The average molecular weight is 278 g/mol. The molecule has 0 saturated heterocycles. The van der Waals surface area contributed by atoms with Gasteiger partial charge in [0.2, 0.25) is 0 Å². The van der Waals surface area contributed by atoms with Crippen LogP contribution in [0.2, 0.25) is 0 Å². The standard InChI is InChI=1S/C16H14N4O/c21-16(18-13-4-2-1-3-5-13)19-14-6-8-15(9-7-14)20-11-10-17-12-20/h1-12H,(H2,18,19,21). The van der Waals surface area contributed by atoms with Gasteiger partial charge < -0.3 is 15.2 Å². The van der Waals surface area contributed by atoms with Crippen LogP contribution >= 0.6 is 0 Å². The molecule has 2 amide bonds. The molecule has 0 aliphatic rings. The molecule has 0 unspecified atom stereocenters. The zero-order valence-corrected chi connectivity index (χ0v) is 11.2. The number of imidazole rings is 1. The number of hydrogen-bond acceptors (Lipinski definition) is 2. The van der Waals surface area contributed by atoms with E-state index in [-0.39, 0.29) is 6.03 Å². The van der Waals surface area contributed by atoms with Gasteiger partial charge in [0.15, 0.2) is 0 Å². The first kappa shape index (κ1) is 12.9. The highest BCUT2D eigenvalue weighted by Crippen LogP contribution is 2.13. The minimum atomic E-state index is -0.267. The van der Waals surface area contributed by atoms with Crippen molar-refractivity contribution in [2.24, 2.45) is 0 Å². The van der Waals surface area contributed by atoms with Crippen molar-refractivity contribution < 1.29 is 4.79 Å². The lowest BCUT2D eigenvalue weighted by molar-refractivity contribution is 0.262. The molecule has 3 rings (SSSR count). The van der Waals surface area contributed by atoms with Crippen LogP contribution < -0.4 is 10.6 Å². The molecule has 0 aliphatic carbocycles. The molecule has 0 bridgehead atoms. The second-order valence-corrected chi connectivity index (χ2v) is 4.46. The molecule has 0 spiro atoms. The molecule has 0 aliphatic heterocycles. The lowest BCUT2D eigenvalue weighted by Crippen LogP contribution is -2.19. The molecule has 0 atom stereocenters. The molecule has 1 aromatic heterocycles. The quantitative estimate of drug-likeness (QED) is 0.770. The Morgan fingerprint density at radius 3 is 2.19 bits per heavy atom. The van der Waals surface area contributed by atoms with E-state index < -0.39 is 0 Å². The molecule has 21 heavy (non-hydrogen) atoms. The van der Waals surface area contributed by atoms with E-state index in [1.54, 1.807) is 12.5 Å². The topological polar surface area (TPSA) is 59.0 Å². The first-order valence-corrected chi connectivity index (χ1v) is 6.53. The summed E-state index contributed by atoms with van der Waals surface area (Å²) in [5.41, 5.74) is 2.47. The Morgan fingerprint density at radius 2 is 1.57 bits per heavy atom. The molecule has 0 fully saturated rings. The van der Waals surface area contributed by atoms with E-state index in [1.807, 2.05) is 65.4 Å². The summed E-state index contributed by atoms with van der Waals surface area (Å²) in [6.45, 7) is 0. The number of nitrogens with zero attached hydrogens (tertiary/aromatic N) is 2. The van der Waals surface area contributed by atoms with E-state index in [0.717, 1.165) is 17.1 Å². The number of aromatic nitrogens is 2. The number of rotatable bonds is 3.